The zero-order chi connectivity index (χ0) is 15.9. The third-order valence-corrected chi connectivity index (χ3v) is 4.93. The first-order valence-electron chi connectivity index (χ1n) is 6.12. The van der Waals surface area contributed by atoms with E-state index in [1.807, 2.05) is 0 Å². The first kappa shape index (κ1) is 17.7. The van der Waals surface area contributed by atoms with Crippen LogP contribution >= 0.6 is 0 Å². The van der Waals surface area contributed by atoms with Gasteiger partial charge in [0.15, 0.2) is 0 Å². The highest BCUT2D eigenvalue weighted by molar-refractivity contribution is 7.90. The molecule has 0 radical (unpaired) electrons. The van der Waals surface area contributed by atoms with Crippen molar-refractivity contribution in [2.24, 2.45) is 0 Å². The highest BCUT2D eigenvalue weighted by Gasteiger charge is 2.13. The van der Waals surface area contributed by atoms with Crippen molar-refractivity contribution in [3.63, 3.8) is 0 Å². The molecule has 0 amide bonds. The van der Waals surface area contributed by atoms with Crippen molar-refractivity contribution in [2.45, 2.75) is 11.3 Å². The molecular weight excluding hydrogens is 314 g/mol. The predicted molar refractivity (Wildman–Crippen MR) is 79.9 cm³/mol. The van der Waals surface area contributed by atoms with Crippen LogP contribution in [0.15, 0.2) is 29.2 Å². The lowest BCUT2D eigenvalue weighted by Gasteiger charge is -2.06. The van der Waals surface area contributed by atoms with Crippen molar-refractivity contribution < 1.29 is 21.9 Å². The van der Waals surface area contributed by atoms with Gasteiger partial charge in [0, 0.05) is 18.4 Å². The number of hydrogen-bond acceptors (Lipinski definition) is 5. The van der Waals surface area contributed by atoms with Crippen LogP contribution < -0.4 is 4.72 Å². The summed E-state index contributed by atoms with van der Waals surface area (Å²) in [7, 11) is -6.80. The monoisotopic (exact) mass is 331 g/mol. The van der Waals surface area contributed by atoms with Crippen LogP contribution in [-0.4, -0.2) is 47.1 Å². The molecule has 116 valence electrons. The van der Waals surface area contributed by atoms with Gasteiger partial charge in [-0.3, -0.25) is 0 Å². The first-order chi connectivity index (χ1) is 9.74. The second-order valence-electron chi connectivity index (χ2n) is 4.37. The zero-order valence-corrected chi connectivity index (χ0v) is 13.2. The summed E-state index contributed by atoms with van der Waals surface area (Å²) in [5.74, 6) is 4.99. The fourth-order valence-electron chi connectivity index (χ4n) is 1.51. The average molecular weight is 331 g/mol. The molecule has 1 aromatic carbocycles. The molecule has 0 aliphatic carbocycles. The summed E-state index contributed by atoms with van der Waals surface area (Å²) in [5.41, 5.74) is 0.475. The van der Waals surface area contributed by atoms with Crippen LogP contribution in [-0.2, 0) is 19.9 Å². The van der Waals surface area contributed by atoms with E-state index in [-0.39, 0.29) is 30.2 Å². The van der Waals surface area contributed by atoms with Crippen LogP contribution in [0.3, 0.4) is 0 Å². The quantitative estimate of drug-likeness (QED) is 0.553. The van der Waals surface area contributed by atoms with E-state index < -0.39 is 19.9 Å². The molecular formula is C13H17NO5S2. The van der Waals surface area contributed by atoms with Gasteiger partial charge in [0.1, 0.15) is 16.4 Å². The molecule has 0 bridgehead atoms. The largest absolute Gasteiger partial charge is 0.384 e. The molecule has 0 unspecified atom stereocenters. The molecule has 0 aliphatic heterocycles. The molecule has 0 saturated carbocycles. The molecule has 0 fully saturated rings. The fraction of sp³-hybridized carbons (Fsp3) is 0.385. The van der Waals surface area contributed by atoms with E-state index >= 15 is 0 Å². The first-order valence-corrected chi connectivity index (χ1v) is 9.66. The fourth-order valence-corrected chi connectivity index (χ4v) is 3.30. The Morgan fingerprint density at radius 2 is 1.95 bits per heavy atom. The molecule has 0 saturated heterocycles. The van der Waals surface area contributed by atoms with Crippen molar-refractivity contribution in [3.05, 3.63) is 29.8 Å². The van der Waals surface area contributed by atoms with Gasteiger partial charge in [-0.1, -0.05) is 17.9 Å². The Hall–Kier alpha value is -1.40. The maximum Gasteiger partial charge on any atom is 0.240 e. The summed E-state index contributed by atoms with van der Waals surface area (Å²) in [4.78, 5) is 0.0478. The van der Waals surface area contributed by atoms with Crippen LogP contribution in [0.5, 0.6) is 0 Å². The van der Waals surface area contributed by atoms with E-state index in [1.54, 1.807) is 12.1 Å². The van der Waals surface area contributed by atoms with Gasteiger partial charge >= 0.3 is 0 Å². The highest BCUT2D eigenvalue weighted by atomic mass is 32.2. The number of sulfonamides is 1. The van der Waals surface area contributed by atoms with E-state index in [1.165, 1.54) is 12.1 Å². The summed E-state index contributed by atoms with van der Waals surface area (Å²) in [6.07, 6.45) is 1.31. The Kier molecular flexibility index (Phi) is 6.36. The van der Waals surface area contributed by atoms with Gasteiger partial charge in [0.2, 0.25) is 10.0 Å². The zero-order valence-electron chi connectivity index (χ0n) is 11.5. The Balaban J connectivity index is 2.74. The molecule has 8 heteroatoms. The van der Waals surface area contributed by atoms with Gasteiger partial charge < -0.3 is 5.11 Å². The van der Waals surface area contributed by atoms with Crippen LogP contribution in [0.1, 0.15) is 12.0 Å². The summed E-state index contributed by atoms with van der Waals surface area (Å²) in [6.45, 7) is -0.261. The number of aliphatic hydroxyl groups excluding tert-OH is 1. The Morgan fingerprint density at radius 1 is 1.24 bits per heavy atom. The molecule has 2 N–H and O–H groups in total. The Labute approximate surface area is 125 Å². The highest BCUT2D eigenvalue weighted by Crippen LogP contribution is 2.10. The van der Waals surface area contributed by atoms with Crippen molar-refractivity contribution in [1.82, 2.24) is 4.72 Å². The standard InChI is InChI=1S/C13H17NO5S2/c1-20(16,17)10-4-8-14-21(18,19)13-7-2-5-12(11-13)6-3-9-15/h2,5,7,11,14-15H,4,8-10H2,1H3. The lowest BCUT2D eigenvalue weighted by atomic mass is 10.2. The van der Waals surface area contributed by atoms with Crippen LogP contribution in [0.4, 0.5) is 0 Å². The van der Waals surface area contributed by atoms with Crippen LogP contribution in [0.2, 0.25) is 0 Å². The van der Waals surface area contributed by atoms with E-state index in [0.717, 1.165) is 6.26 Å². The maximum absolute atomic E-state index is 12.0. The van der Waals surface area contributed by atoms with Gasteiger partial charge in [-0.2, -0.15) is 0 Å². The number of sulfone groups is 1. The van der Waals surface area contributed by atoms with Gasteiger partial charge in [0.05, 0.1) is 10.6 Å². The number of hydrogen-bond donors (Lipinski definition) is 2. The molecule has 21 heavy (non-hydrogen) atoms. The number of nitrogens with one attached hydrogen (secondary N) is 1. The third-order valence-electron chi connectivity index (χ3n) is 2.44. The predicted octanol–water partition coefficient (Wildman–Crippen LogP) is -0.257. The normalized spacial score (nSPS) is 11.7. The number of aliphatic hydroxyl groups is 1. The van der Waals surface area contributed by atoms with E-state index in [0.29, 0.717) is 5.56 Å². The van der Waals surface area contributed by atoms with Gasteiger partial charge in [-0.25, -0.2) is 21.6 Å². The number of benzene rings is 1. The van der Waals surface area contributed by atoms with Crippen LogP contribution in [0.25, 0.3) is 0 Å². The summed E-state index contributed by atoms with van der Waals surface area (Å²) >= 11 is 0. The summed E-state index contributed by atoms with van der Waals surface area (Å²) in [5, 5.41) is 8.61. The van der Waals surface area contributed by atoms with Crippen molar-refractivity contribution in [3.8, 4) is 11.8 Å². The Bertz CT molecular complexity index is 742. The minimum atomic E-state index is -3.70. The SMILES string of the molecule is CS(=O)(=O)CCCNS(=O)(=O)c1cccc(C#CCO)c1. The van der Waals surface area contributed by atoms with Gasteiger partial charge in [-0.15, -0.1) is 0 Å². The molecule has 0 heterocycles. The van der Waals surface area contributed by atoms with Crippen molar-refractivity contribution in [1.29, 1.82) is 0 Å². The van der Waals surface area contributed by atoms with E-state index in [9.17, 15) is 16.8 Å². The molecule has 1 aromatic rings. The van der Waals surface area contributed by atoms with Crippen molar-refractivity contribution >= 4 is 19.9 Å². The Morgan fingerprint density at radius 3 is 2.57 bits per heavy atom. The molecule has 6 nitrogen and oxygen atoms in total. The maximum atomic E-state index is 12.0. The second-order valence-corrected chi connectivity index (χ2v) is 8.40. The average Bonchev–Trinajstić information content (AvgIpc) is 2.41. The second kappa shape index (κ2) is 7.56. The molecule has 1 rings (SSSR count). The minimum Gasteiger partial charge on any atom is -0.384 e. The lowest BCUT2D eigenvalue weighted by Crippen LogP contribution is -2.26. The molecule has 0 spiro atoms. The summed E-state index contributed by atoms with van der Waals surface area (Å²) in [6, 6.07) is 5.99. The molecule has 0 atom stereocenters. The van der Waals surface area contributed by atoms with Gasteiger partial charge in [0.25, 0.3) is 0 Å². The third kappa shape index (κ3) is 6.73. The van der Waals surface area contributed by atoms with E-state index in [4.69, 9.17) is 5.11 Å². The molecule has 0 aromatic heterocycles. The lowest BCUT2D eigenvalue weighted by molar-refractivity contribution is 0.350. The van der Waals surface area contributed by atoms with Crippen molar-refractivity contribution in [2.75, 3.05) is 25.2 Å². The molecule has 0 aliphatic rings. The van der Waals surface area contributed by atoms with E-state index in [2.05, 4.69) is 16.6 Å². The smallest absolute Gasteiger partial charge is 0.240 e. The number of rotatable bonds is 6. The van der Waals surface area contributed by atoms with Crippen LogP contribution in [0, 0.1) is 11.8 Å². The minimum absolute atomic E-state index is 0.0436. The summed E-state index contributed by atoms with van der Waals surface area (Å²) < 4.78 is 48.3. The topological polar surface area (TPSA) is 101 Å². The van der Waals surface area contributed by atoms with Gasteiger partial charge in [-0.05, 0) is 24.6 Å².